The molecular formula is C16H24O3. The highest BCUT2D eigenvalue weighted by molar-refractivity contribution is 5.75. The molecule has 3 nitrogen and oxygen atoms in total. The quantitative estimate of drug-likeness (QED) is 0.734. The van der Waals surface area contributed by atoms with Crippen LogP contribution in [0.25, 0.3) is 0 Å². The first-order valence-electron chi connectivity index (χ1n) is 6.65. The maximum absolute atomic E-state index is 10.9. The average molecular weight is 264 g/mol. The lowest BCUT2D eigenvalue weighted by molar-refractivity contribution is -0.117. The molecule has 0 amide bonds. The van der Waals surface area contributed by atoms with Crippen molar-refractivity contribution in [2.45, 2.75) is 46.0 Å². The Bertz CT molecular complexity index is 430. The highest BCUT2D eigenvalue weighted by Gasteiger charge is 2.19. The second-order valence-electron chi connectivity index (χ2n) is 5.77. The summed E-state index contributed by atoms with van der Waals surface area (Å²) in [6, 6.07) is 5.85. The van der Waals surface area contributed by atoms with Crippen LogP contribution < -0.4 is 9.47 Å². The minimum atomic E-state index is -0.00948. The van der Waals surface area contributed by atoms with E-state index in [0.29, 0.717) is 13.0 Å². The molecule has 0 bridgehead atoms. The average Bonchev–Trinajstić information content (AvgIpc) is 2.33. The number of ether oxygens (including phenoxy) is 2. The van der Waals surface area contributed by atoms with E-state index >= 15 is 0 Å². The van der Waals surface area contributed by atoms with Crippen molar-refractivity contribution in [2.75, 3.05) is 13.7 Å². The van der Waals surface area contributed by atoms with E-state index in [-0.39, 0.29) is 11.2 Å². The molecule has 19 heavy (non-hydrogen) atoms. The Balaban J connectivity index is 2.79. The summed E-state index contributed by atoms with van der Waals surface area (Å²) < 4.78 is 11.1. The summed E-state index contributed by atoms with van der Waals surface area (Å²) in [7, 11) is 1.66. The molecule has 0 aliphatic rings. The van der Waals surface area contributed by atoms with Crippen LogP contribution in [0.5, 0.6) is 11.5 Å². The van der Waals surface area contributed by atoms with E-state index in [4.69, 9.17) is 9.47 Å². The molecule has 106 valence electrons. The van der Waals surface area contributed by atoms with Gasteiger partial charge in [-0.1, -0.05) is 20.8 Å². The predicted molar refractivity (Wildman–Crippen MR) is 77.1 cm³/mol. The van der Waals surface area contributed by atoms with Gasteiger partial charge >= 0.3 is 0 Å². The fraction of sp³-hybridized carbons (Fsp3) is 0.562. The minimum Gasteiger partial charge on any atom is -0.497 e. The molecule has 0 aromatic heterocycles. The zero-order valence-corrected chi connectivity index (χ0v) is 12.6. The summed E-state index contributed by atoms with van der Waals surface area (Å²) in [6.07, 6.45) is 1.33. The van der Waals surface area contributed by atoms with Crippen molar-refractivity contribution < 1.29 is 14.3 Å². The second-order valence-corrected chi connectivity index (χ2v) is 5.77. The molecule has 0 atom stereocenters. The van der Waals surface area contributed by atoms with Crippen molar-refractivity contribution in [3.8, 4) is 11.5 Å². The Morgan fingerprint density at radius 1 is 1.26 bits per heavy atom. The van der Waals surface area contributed by atoms with E-state index in [0.717, 1.165) is 23.5 Å². The van der Waals surface area contributed by atoms with E-state index in [9.17, 15) is 4.79 Å². The first kappa shape index (κ1) is 15.5. The zero-order chi connectivity index (χ0) is 14.5. The van der Waals surface area contributed by atoms with Crippen LogP contribution in [0.3, 0.4) is 0 Å². The standard InChI is InChI=1S/C16H24O3/c1-12(17)7-6-10-19-15-9-8-13(18-5)11-14(15)16(2,3)4/h8-9,11H,6-7,10H2,1-5H3. The molecule has 0 radical (unpaired) electrons. The Morgan fingerprint density at radius 2 is 1.95 bits per heavy atom. The van der Waals surface area contributed by atoms with Crippen LogP contribution in [-0.4, -0.2) is 19.5 Å². The van der Waals surface area contributed by atoms with Crippen molar-refractivity contribution in [3.05, 3.63) is 23.8 Å². The molecule has 0 spiro atoms. The largest absolute Gasteiger partial charge is 0.497 e. The second kappa shape index (κ2) is 6.60. The van der Waals surface area contributed by atoms with E-state index in [1.54, 1.807) is 14.0 Å². The molecular weight excluding hydrogens is 240 g/mol. The van der Waals surface area contributed by atoms with E-state index in [2.05, 4.69) is 20.8 Å². The molecule has 0 aliphatic carbocycles. The van der Waals surface area contributed by atoms with Crippen LogP contribution in [0.2, 0.25) is 0 Å². The van der Waals surface area contributed by atoms with Crippen LogP contribution in [0.4, 0.5) is 0 Å². The molecule has 0 heterocycles. The van der Waals surface area contributed by atoms with Gasteiger partial charge in [-0.15, -0.1) is 0 Å². The monoisotopic (exact) mass is 264 g/mol. The summed E-state index contributed by atoms with van der Waals surface area (Å²) in [6.45, 7) is 8.60. The third-order valence-corrected chi connectivity index (χ3v) is 2.93. The molecule has 3 heteroatoms. The van der Waals surface area contributed by atoms with Crippen molar-refractivity contribution in [1.29, 1.82) is 0 Å². The number of carbonyl (C=O) groups excluding carboxylic acids is 1. The van der Waals surface area contributed by atoms with E-state index < -0.39 is 0 Å². The number of benzene rings is 1. The van der Waals surface area contributed by atoms with Gasteiger partial charge in [-0.25, -0.2) is 0 Å². The number of ketones is 1. The van der Waals surface area contributed by atoms with Crippen LogP contribution in [0, 0.1) is 0 Å². The third-order valence-electron chi connectivity index (χ3n) is 2.93. The summed E-state index contributed by atoms with van der Waals surface area (Å²) in [4.78, 5) is 10.9. The predicted octanol–water partition coefficient (Wildman–Crippen LogP) is 3.74. The van der Waals surface area contributed by atoms with Crippen molar-refractivity contribution in [2.24, 2.45) is 0 Å². The smallest absolute Gasteiger partial charge is 0.129 e. The first-order chi connectivity index (χ1) is 8.84. The lowest BCUT2D eigenvalue weighted by Gasteiger charge is -2.23. The molecule has 1 aromatic carbocycles. The first-order valence-corrected chi connectivity index (χ1v) is 6.65. The van der Waals surface area contributed by atoms with Crippen molar-refractivity contribution in [1.82, 2.24) is 0 Å². The Labute approximate surface area is 115 Å². The SMILES string of the molecule is COc1ccc(OCCCC(C)=O)c(C(C)(C)C)c1. The zero-order valence-electron chi connectivity index (χ0n) is 12.6. The van der Waals surface area contributed by atoms with Crippen LogP contribution >= 0.6 is 0 Å². The summed E-state index contributed by atoms with van der Waals surface area (Å²) in [5.41, 5.74) is 1.11. The van der Waals surface area contributed by atoms with Gasteiger partial charge in [-0.05, 0) is 37.0 Å². The van der Waals surface area contributed by atoms with Gasteiger partial charge in [0.25, 0.3) is 0 Å². The van der Waals surface area contributed by atoms with Gasteiger partial charge in [0.15, 0.2) is 0 Å². The van der Waals surface area contributed by atoms with Crippen molar-refractivity contribution >= 4 is 5.78 Å². The highest BCUT2D eigenvalue weighted by atomic mass is 16.5. The molecule has 0 saturated heterocycles. The fourth-order valence-corrected chi connectivity index (χ4v) is 1.85. The Hall–Kier alpha value is -1.51. The molecule has 0 N–H and O–H groups in total. The number of Topliss-reactive ketones (excluding diaryl/α,β-unsaturated/α-hetero) is 1. The summed E-state index contributed by atoms with van der Waals surface area (Å²) >= 11 is 0. The molecule has 0 saturated carbocycles. The Kier molecular flexibility index (Phi) is 5.40. The van der Waals surface area contributed by atoms with Gasteiger partial charge in [-0.3, -0.25) is 0 Å². The van der Waals surface area contributed by atoms with Gasteiger partial charge in [-0.2, -0.15) is 0 Å². The van der Waals surface area contributed by atoms with Gasteiger partial charge in [0.1, 0.15) is 17.3 Å². The number of carbonyl (C=O) groups is 1. The molecule has 1 aromatic rings. The van der Waals surface area contributed by atoms with Gasteiger partial charge in [0.05, 0.1) is 13.7 Å². The molecule has 0 aliphatic heterocycles. The van der Waals surface area contributed by atoms with Crippen LogP contribution in [0.15, 0.2) is 18.2 Å². The van der Waals surface area contributed by atoms with Crippen LogP contribution in [0.1, 0.15) is 46.1 Å². The van der Waals surface area contributed by atoms with E-state index in [1.165, 1.54) is 0 Å². The lowest BCUT2D eigenvalue weighted by Crippen LogP contribution is -2.14. The van der Waals surface area contributed by atoms with Crippen LogP contribution in [-0.2, 0) is 10.2 Å². The van der Waals surface area contributed by atoms with Crippen molar-refractivity contribution in [3.63, 3.8) is 0 Å². The maximum atomic E-state index is 10.9. The lowest BCUT2D eigenvalue weighted by atomic mass is 9.86. The topological polar surface area (TPSA) is 35.5 Å². The van der Waals surface area contributed by atoms with Gasteiger partial charge < -0.3 is 14.3 Å². The highest BCUT2D eigenvalue weighted by Crippen LogP contribution is 2.34. The number of methoxy groups -OCH3 is 1. The summed E-state index contributed by atoms with van der Waals surface area (Å²) in [5, 5.41) is 0. The number of hydrogen-bond acceptors (Lipinski definition) is 3. The summed E-state index contributed by atoms with van der Waals surface area (Å²) in [5.74, 6) is 1.91. The van der Waals surface area contributed by atoms with E-state index in [1.807, 2.05) is 18.2 Å². The normalized spacial score (nSPS) is 11.2. The molecule has 0 fully saturated rings. The van der Waals surface area contributed by atoms with Gasteiger partial charge in [0.2, 0.25) is 0 Å². The molecule has 0 unspecified atom stereocenters. The number of hydrogen-bond donors (Lipinski definition) is 0. The van der Waals surface area contributed by atoms with Gasteiger partial charge in [0, 0.05) is 12.0 Å². The molecule has 1 rings (SSSR count). The fourth-order valence-electron chi connectivity index (χ4n) is 1.85. The Morgan fingerprint density at radius 3 is 2.47 bits per heavy atom. The number of rotatable bonds is 6. The third kappa shape index (κ3) is 4.93. The minimum absolute atomic E-state index is 0.00948. The maximum Gasteiger partial charge on any atom is 0.129 e.